The number of hydrogen-bond donors (Lipinski definition) is 1. The Hall–Kier alpha value is -0.870. The van der Waals surface area contributed by atoms with Crippen molar-refractivity contribution in [3.63, 3.8) is 0 Å². The van der Waals surface area contributed by atoms with E-state index in [-0.39, 0.29) is 5.75 Å². The van der Waals surface area contributed by atoms with Crippen molar-refractivity contribution < 1.29 is 8.42 Å². The first-order valence-electron chi connectivity index (χ1n) is 4.97. The van der Waals surface area contributed by atoms with E-state index in [4.69, 9.17) is 5.73 Å². The number of sulfone groups is 1. The van der Waals surface area contributed by atoms with Gasteiger partial charge < -0.3 is 5.73 Å². The van der Waals surface area contributed by atoms with Crippen molar-refractivity contribution >= 4 is 9.84 Å². The summed E-state index contributed by atoms with van der Waals surface area (Å²) >= 11 is 0. The van der Waals surface area contributed by atoms with E-state index in [0.717, 1.165) is 11.1 Å². The van der Waals surface area contributed by atoms with Crippen LogP contribution in [0.1, 0.15) is 17.5 Å². The first-order valence-corrected chi connectivity index (χ1v) is 6.62. The predicted octanol–water partition coefficient (Wildman–Crippen LogP) is 1.43. The van der Waals surface area contributed by atoms with E-state index >= 15 is 0 Å². The van der Waals surface area contributed by atoms with Crippen LogP contribution in [0.3, 0.4) is 0 Å². The van der Waals surface area contributed by atoms with Gasteiger partial charge in [0.15, 0.2) is 9.84 Å². The van der Waals surface area contributed by atoms with Crippen LogP contribution >= 0.6 is 0 Å². The third kappa shape index (κ3) is 3.04. The fourth-order valence-electron chi connectivity index (χ4n) is 1.43. The highest BCUT2D eigenvalue weighted by Gasteiger charge is 2.16. The average molecular weight is 227 g/mol. The van der Waals surface area contributed by atoms with E-state index in [0.29, 0.717) is 17.9 Å². The Kier molecular flexibility index (Phi) is 3.88. The number of aryl methyl sites for hydroxylation is 2. The molecule has 1 aromatic rings. The van der Waals surface area contributed by atoms with Crippen LogP contribution in [0.5, 0.6) is 0 Å². The zero-order chi connectivity index (χ0) is 11.5. The van der Waals surface area contributed by atoms with E-state index < -0.39 is 9.84 Å². The molecule has 0 aliphatic rings. The Morgan fingerprint density at radius 1 is 1.27 bits per heavy atom. The van der Waals surface area contributed by atoms with Gasteiger partial charge in [0.25, 0.3) is 0 Å². The number of nitrogens with two attached hydrogens (primary N) is 1. The van der Waals surface area contributed by atoms with Crippen molar-refractivity contribution in [3.8, 4) is 0 Å². The molecule has 0 amide bonds. The van der Waals surface area contributed by atoms with Crippen molar-refractivity contribution in [2.45, 2.75) is 25.2 Å². The minimum Gasteiger partial charge on any atom is -0.330 e. The summed E-state index contributed by atoms with van der Waals surface area (Å²) in [4.78, 5) is 0.441. The predicted molar refractivity (Wildman–Crippen MR) is 61.6 cm³/mol. The second-order valence-electron chi connectivity index (χ2n) is 3.73. The fourth-order valence-corrected chi connectivity index (χ4v) is 3.12. The molecule has 0 aliphatic carbocycles. The van der Waals surface area contributed by atoms with E-state index in [2.05, 4.69) is 0 Å². The Labute approximate surface area is 91.2 Å². The summed E-state index contributed by atoms with van der Waals surface area (Å²) in [5, 5.41) is 0. The maximum absolute atomic E-state index is 11.9. The molecule has 84 valence electrons. The van der Waals surface area contributed by atoms with E-state index in [1.165, 1.54) is 0 Å². The van der Waals surface area contributed by atoms with Crippen LogP contribution in [-0.2, 0) is 9.84 Å². The maximum atomic E-state index is 11.9. The molecular formula is C11H17NO2S. The Balaban J connectivity index is 3.09. The molecular weight excluding hydrogens is 210 g/mol. The molecule has 0 bridgehead atoms. The summed E-state index contributed by atoms with van der Waals surface area (Å²) in [7, 11) is -3.16. The molecule has 0 unspecified atom stereocenters. The molecule has 1 aromatic carbocycles. The molecule has 2 N–H and O–H groups in total. The van der Waals surface area contributed by atoms with Gasteiger partial charge in [-0.05, 0) is 44.0 Å². The molecule has 0 spiro atoms. The highest BCUT2D eigenvalue weighted by Crippen LogP contribution is 2.18. The van der Waals surface area contributed by atoms with Gasteiger partial charge in [0.2, 0.25) is 0 Å². The van der Waals surface area contributed by atoms with Crippen LogP contribution < -0.4 is 5.73 Å². The van der Waals surface area contributed by atoms with Gasteiger partial charge in [0.1, 0.15) is 0 Å². The molecule has 3 nitrogen and oxygen atoms in total. The minimum absolute atomic E-state index is 0.133. The molecule has 0 aromatic heterocycles. The monoisotopic (exact) mass is 227 g/mol. The van der Waals surface area contributed by atoms with E-state index in [9.17, 15) is 8.42 Å². The second kappa shape index (κ2) is 4.77. The van der Waals surface area contributed by atoms with Gasteiger partial charge in [-0.25, -0.2) is 8.42 Å². The molecule has 0 radical (unpaired) electrons. The summed E-state index contributed by atoms with van der Waals surface area (Å²) in [5.41, 5.74) is 7.09. The van der Waals surface area contributed by atoms with Gasteiger partial charge in [-0.3, -0.25) is 0 Å². The first kappa shape index (κ1) is 12.2. The number of rotatable bonds is 4. The zero-order valence-corrected chi connectivity index (χ0v) is 9.97. The molecule has 1 rings (SSSR count). The second-order valence-corrected chi connectivity index (χ2v) is 5.81. The number of hydrogen-bond acceptors (Lipinski definition) is 3. The van der Waals surface area contributed by atoms with E-state index in [1.807, 2.05) is 26.0 Å². The Bertz CT molecular complexity index is 438. The van der Waals surface area contributed by atoms with Gasteiger partial charge in [-0.1, -0.05) is 12.1 Å². The highest BCUT2D eigenvalue weighted by molar-refractivity contribution is 7.91. The molecule has 0 fully saturated rings. The van der Waals surface area contributed by atoms with Crippen LogP contribution in [0.4, 0.5) is 0 Å². The fraction of sp³-hybridized carbons (Fsp3) is 0.455. The van der Waals surface area contributed by atoms with Crippen molar-refractivity contribution in [1.82, 2.24) is 0 Å². The summed E-state index contributed by atoms with van der Waals surface area (Å²) in [6, 6.07) is 5.48. The summed E-state index contributed by atoms with van der Waals surface area (Å²) < 4.78 is 23.8. The molecule has 0 saturated carbocycles. The smallest absolute Gasteiger partial charge is 0.178 e. The van der Waals surface area contributed by atoms with Gasteiger partial charge in [0.05, 0.1) is 10.6 Å². The van der Waals surface area contributed by atoms with Gasteiger partial charge in [0, 0.05) is 0 Å². The standard InChI is InChI=1S/C11H17NO2S/c1-9-4-5-10(2)11(8-9)15(13,14)7-3-6-12/h4-5,8H,3,6-7,12H2,1-2H3. The largest absolute Gasteiger partial charge is 0.330 e. The van der Waals surface area contributed by atoms with Crippen molar-refractivity contribution in [1.29, 1.82) is 0 Å². The quantitative estimate of drug-likeness (QED) is 0.846. The molecule has 0 aliphatic heterocycles. The SMILES string of the molecule is Cc1ccc(C)c(S(=O)(=O)CCCN)c1. The van der Waals surface area contributed by atoms with Crippen molar-refractivity contribution in [2.75, 3.05) is 12.3 Å². The van der Waals surface area contributed by atoms with Crippen molar-refractivity contribution in [3.05, 3.63) is 29.3 Å². The van der Waals surface area contributed by atoms with Crippen LogP contribution in [0.25, 0.3) is 0 Å². The van der Waals surface area contributed by atoms with Crippen LogP contribution in [0.2, 0.25) is 0 Å². The van der Waals surface area contributed by atoms with Gasteiger partial charge >= 0.3 is 0 Å². The van der Waals surface area contributed by atoms with Gasteiger partial charge in [-0.15, -0.1) is 0 Å². The minimum atomic E-state index is -3.16. The van der Waals surface area contributed by atoms with Crippen LogP contribution in [0, 0.1) is 13.8 Å². The first-order chi connectivity index (χ1) is 6.97. The van der Waals surface area contributed by atoms with Crippen LogP contribution in [0.15, 0.2) is 23.1 Å². The summed E-state index contributed by atoms with van der Waals surface area (Å²) in [6.07, 6.45) is 0.510. The third-order valence-corrected chi connectivity index (χ3v) is 4.23. The molecule has 15 heavy (non-hydrogen) atoms. The lowest BCUT2D eigenvalue weighted by Crippen LogP contribution is -2.12. The Morgan fingerprint density at radius 2 is 1.93 bits per heavy atom. The van der Waals surface area contributed by atoms with Gasteiger partial charge in [-0.2, -0.15) is 0 Å². The Morgan fingerprint density at radius 3 is 2.53 bits per heavy atom. The zero-order valence-electron chi connectivity index (χ0n) is 9.16. The lowest BCUT2D eigenvalue weighted by molar-refractivity contribution is 0.593. The number of benzene rings is 1. The van der Waals surface area contributed by atoms with E-state index in [1.54, 1.807) is 6.07 Å². The third-order valence-electron chi connectivity index (χ3n) is 2.30. The normalized spacial score (nSPS) is 11.7. The molecule has 0 heterocycles. The molecule has 0 saturated heterocycles. The highest BCUT2D eigenvalue weighted by atomic mass is 32.2. The average Bonchev–Trinajstić information content (AvgIpc) is 2.18. The summed E-state index contributed by atoms with van der Waals surface area (Å²) in [5.74, 6) is 0.133. The van der Waals surface area contributed by atoms with Crippen LogP contribution in [-0.4, -0.2) is 20.7 Å². The maximum Gasteiger partial charge on any atom is 0.178 e. The lowest BCUT2D eigenvalue weighted by atomic mass is 10.2. The summed E-state index contributed by atoms with van der Waals surface area (Å²) in [6.45, 7) is 4.11. The molecule has 0 atom stereocenters. The van der Waals surface area contributed by atoms with Crippen molar-refractivity contribution in [2.24, 2.45) is 5.73 Å². The lowest BCUT2D eigenvalue weighted by Gasteiger charge is -2.07. The molecule has 4 heteroatoms. The topological polar surface area (TPSA) is 60.2 Å².